The molecule has 0 spiro atoms. The van der Waals surface area contributed by atoms with Gasteiger partial charge in [0.05, 0.1) is 12.6 Å². The summed E-state index contributed by atoms with van der Waals surface area (Å²) in [6.07, 6.45) is -1.74. The first-order chi connectivity index (χ1) is 5.22. The van der Waals surface area contributed by atoms with Crippen LogP contribution in [0.15, 0.2) is 0 Å². The summed E-state index contributed by atoms with van der Waals surface area (Å²) in [7, 11) is 0. The van der Waals surface area contributed by atoms with Crippen LogP contribution in [-0.4, -0.2) is 31.0 Å². The third-order valence-corrected chi connectivity index (χ3v) is 1.81. The second kappa shape index (κ2) is 3.63. The first kappa shape index (κ1) is 8.41. The predicted octanol–water partition coefficient (Wildman–Crippen LogP) is 1.10. The van der Waals surface area contributed by atoms with Crippen LogP contribution in [0.5, 0.6) is 0 Å². The number of hydrogen-bond acceptors (Lipinski definition) is 2. The summed E-state index contributed by atoms with van der Waals surface area (Å²) in [5, 5.41) is 8.25. The Hall–Kier alpha value is -0.690. The van der Waals surface area contributed by atoms with Gasteiger partial charge in [0.1, 0.15) is 0 Å². The molecule has 1 aliphatic heterocycles. The van der Waals surface area contributed by atoms with Crippen LogP contribution in [0.1, 0.15) is 6.42 Å². The average molecular weight is 160 g/mol. The monoisotopic (exact) mass is 160 g/mol. The van der Waals surface area contributed by atoms with Gasteiger partial charge in [-0.2, -0.15) is 5.26 Å². The van der Waals surface area contributed by atoms with E-state index >= 15 is 0 Å². The Morgan fingerprint density at radius 2 is 2.18 bits per heavy atom. The fourth-order valence-electron chi connectivity index (χ4n) is 1.28. The zero-order valence-electron chi connectivity index (χ0n) is 6.13. The SMILES string of the molecule is N#CCC1CN(CC(F)F)C1. The summed E-state index contributed by atoms with van der Waals surface area (Å²) in [6, 6.07) is 2.03. The molecule has 0 saturated carbocycles. The van der Waals surface area contributed by atoms with Gasteiger partial charge >= 0.3 is 0 Å². The lowest BCUT2D eigenvalue weighted by atomic mass is 9.97. The van der Waals surface area contributed by atoms with E-state index in [2.05, 4.69) is 0 Å². The number of nitriles is 1. The zero-order chi connectivity index (χ0) is 8.27. The maximum absolute atomic E-state index is 11.7. The number of rotatable bonds is 3. The molecule has 0 aromatic rings. The fourth-order valence-corrected chi connectivity index (χ4v) is 1.28. The second-order valence-corrected chi connectivity index (χ2v) is 2.84. The minimum Gasteiger partial charge on any atom is -0.297 e. The van der Waals surface area contributed by atoms with Crippen molar-refractivity contribution in [1.29, 1.82) is 5.26 Å². The molecular formula is C7H10F2N2. The first-order valence-electron chi connectivity index (χ1n) is 3.60. The summed E-state index contributed by atoms with van der Waals surface area (Å²) >= 11 is 0. The van der Waals surface area contributed by atoms with Crippen molar-refractivity contribution in [2.24, 2.45) is 5.92 Å². The van der Waals surface area contributed by atoms with Gasteiger partial charge in [0.25, 0.3) is 6.43 Å². The molecule has 0 radical (unpaired) electrons. The minimum atomic E-state index is -2.24. The van der Waals surface area contributed by atoms with E-state index in [1.165, 1.54) is 0 Å². The van der Waals surface area contributed by atoms with Crippen molar-refractivity contribution < 1.29 is 8.78 Å². The molecule has 1 rings (SSSR count). The predicted molar refractivity (Wildman–Crippen MR) is 36.2 cm³/mol. The molecule has 0 unspecified atom stereocenters. The van der Waals surface area contributed by atoms with E-state index in [1.54, 1.807) is 4.90 Å². The van der Waals surface area contributed by atoms with Crippen LogP contribution in [0.25, 0.3) is 0 Å². The lowest BCUT2D eigenvalue weighted by Crippen LogP contribution is -2.48. The van der Waals surface area contributed by atoms with Crippen molar-refractivity contribution >= 4 is 0 Å². The highest BCUT2D eigenvalue weighted by Gasteiger charge is 2.27. The molecule has 0 aliphatic carbocycles. The number of likely N-dealkylation sites (tertiary alicyclic amines) is 1. The van der Waals surface area contributed by atoms with E-state index in [4.69, 9.17) is 5.26 Å². The standard InChI is InChI=1S/C7H10F2N2/c8-7(9)5-11-3-6(4-11)1-2-10/h6-7H,1,3-5H2. The number of alkyl halides is 2. The van der Waals surface area contributed by atoms with Gasteiger partial charge in [0.15, 0.2) is 0 Å². The molecule has 0 aromatic carbocycles. The maximum Gasteiger partial charge on any atom is 0.251 e. The summed E-state index contributed by atoms with van der Waals surface area (Å²) in [5.74, 6) is 0.332. The van der Waals surface area contributed by atoms with Gasteiger partial charge in [-0.05, 0) is 5.92 Å². The van der Waals surface area contributed by atoms with Gasteiger partial charge in [0.2, 0.25) is 0 Å². The van der Waals surface area contributed by atoms with Crippen molar-refractivity contribution in [3.63, 3.8) is 0 Å². The van der Waals surface area contributed by atoms with Crippen LogP contribution in [0.2, 0.25) is 0 Å². The van der Waals surface area contributed by atoms with E-state index in [-0.39, 0.29) is 6.54 Å². The van der Waals surface area contributed by atoms with Crippen molar-refractivity contribution in [2.75, 3.05) is 19.6 Å². The molecule has 11 heavy (non-hydrogen) atoms. The van der Waals surface area contributed by atoms with Crippen molar-refractivity contribution in [1.82, 2.24) is 4.90 Å². The van der Waals surface area contributed by atoms with E-state index < -0.39 is 6.43 Å². The van der Waals surface area contributed by atoms with Gasteiger partial charge in [-0.1, -0.05) is 0 Å². The van der Waals surface area contributed by atoms with E-state index in [1.807, 2.05) is 6.07 Å². The molecule has 1 heterocycles. The Balaban J connectivity index is 2.06. The van der Waals surface area contributed by atoms with Crippen molar-refractivity contribution in [3.8, 4) is 6.07 Å². The maximum atomic E-state index is 11.7. The van der Waals surface area contributed by atoms with E-state index in [9.17, 15) is 8.78 Å². The van der Waals surface area contributed by atoms with Crippen LogP contribution in [0.3, 0.4) is 0 Å². The van der Waals surface area contributed by atoms with Crippen LogP contribution in [0, 0.1) is 17.2 Å². The van der Waals surface area contributed by atoms with Crippen LogP contribution < -0.4 is 0 Å². The zero-order valence-corrected chi connectivity index (χ0v) is 6.13. The second-order valence-electron chi connectivity index (χ2n) is 2.84. The third kappa shape index (κ3) is 2.43. The smallest absolute Gasteiger partial charge is 0.251 e. The van der Waals surface area contributed by atoms with E-state index in [0.29, 0.717) is 25.4 Å². The first-order valence-corrected chi connectivity index (χ1v) is 3.60. The molecule has 0 amide bonds. The highest BCUT2D eigenvalue weighted by Crippen LogP contribution is 2.18. The fraction of sp³-hybridized carbons (Fsp3) is 0.857. The van der Waals surface area contributed by atoms with E-state index in [0.717, 1.165) is 0 Å². The quantitative estimate of drug-likeness (QED) is 0.618. The normalized spacial score (nSPS) is 19.8. The largest absolute Gasteiger partial charge is 0.297 e. The Labute approximate surface area is 64.4 Å². The summed E-state index contributed by atoms with van der Waals surface area (Å²) in [4.78, 5) is 1.67. The topological polar surface area (TPSA) is 27.0 Å². The van der Waals surface area contributed by atoms with Crippen molar-refractivity contribution in [2.45, 2.75) is 12.8 Å². The molecule has 1 aliphatic rings. The Bertz CT molecular complexity index is 158. The Morgan fingerprint density at radius 1 is 1.55 bits per heavy atom. The molecule has 1 fully saturated rings. The number of hydrogen-bond donors (Lipinski definition) is 0. The molecule has 62 valence electrons. The molecular weight excluding hydrogens is 150 g/mol. The molecule has 4 heteroatoms. The van der Waals surface area contributed by atoms with Gasteiger partial charge in [0, 0.05) is 19.5 Å². The Kier molecular flexibility index (Phi) is 2.77. The third-order valence-electron chi connectivity index (χ3n) is 1.81. The highest BCUT2D eigenvalue weighted by atomic mass is 19.3. The molecule has 0 bridgehead atoms. The molecule has 0 aromatic heterocycles. The van der Waals surface area contributed by atoms with Gasteiger partial charge in [-0.15, -0.1) is 0 Å². The van der Waals surface area contributed by atoms with Crippen LogP contribution >= 0.6 is 0 Å². The average Bonchev–Trinajstić information content (AvgIpc) is 1.82. The molecule has 2 nitrogen and oxygen atoms in total. The summed E-state index contributed by atoms with van der Waals surface area (Å²) < 4.78 is 23.4. The Morgan fingerprint density at radius 3 is 2.64 bits per heavy atom. The van der Waals surface area contributed by atoms with Gasteiger partial charge < -0.3 is 0 Å². The van der Waals surface area contributed by atoms with Crippen molar-refractivity contribution in [3.05, 3.63) is 0 Å². The minimum absolute atomic E-state index is 0.137. The summed E-state index contributed by atoms with van der Waals surface area (Å²) in [6.45, 7) is 1.19. The molecule has 0 atom stereocenters. The lowest BCUT2D eigenvalue weighted by Gasteiger charge is -2.37. The van der Waals surface area contributed by atoms with Gasteiger partial charge in [-0.25, -0.2) is 8.78 Å². The molecule has 1 saturated heterocycles. The lowest BCUT2D eigenvalue weighted by molar-refractivity contribution is 0.0267. The summed E-state index contributed by atoms with van der Waals surface area (Å²) in [5.41, 5.74) is 0. The number of halogens is 2. The number of nitrogens with zero attached hydrogens (tertiary/aromatic N) is 2. The highest BCUT2D eigenvalue weighted by molar-refractivity contribution is 4.86. The van der Waals surface area contributed by atoms with Crippen LogP contribution in [0.4, 0.5) is 8.78 Å². The molecule has 0 N–H and O–H groups in total. The van der Waals surface area contributed by atoms with Gasteiger partial charge in [-0.3, -0.25) is 4.90 Å². The van der Waals surface area contributed by atoms with Crippen LogP contribution in [-0.2, 0) is 0 Å².